The molecule has 4 rings (SSSR count). The van der Waals surface area contributed by atoms with Crippen LogP contribution in [0.15, 0.2) is 71.6 Å². The Bertz CT molecular complexity index is 1360. The summed E-state index contributed by atoms with van der Waals surface area (Å²) in [7, 11) is 0. The topological polar surface area (TPSA) is 81.4 Å². The molecule has 0 spiro atoms. The molecule has 1 aliphatic heterocycles. The Morgan fingerprint density at radius 2 is 1.74 bits per heavy atom. The van der Waals surface area contributed by atoms with Crippen LogP contribution in [-0.4, -0.2) is 21.2 Å². The van der Waals surface area contributed by atoms with Crippen molar-refractivity contribution in [2.45, 2.75) is 12.7 Å². The Morgan fingerprint density at radius 1 is 1.03 bits per heavy atom. The molecule has 0 bridgehead atoms. The van der Waals surface area contributed by atoms with E-state index in [0.717, 1.165) is 28.2 Å². The van der Waals surface area contributed by atoms with Gasteiger partial charge < -0.3 is 5.11 Å². The summed E-state index contributed by atoms with van der Waals surface area (Å²) in [5.41, 5.74) is 1.58. The first-order valence-electron chi connectivity index (χ1n) is 9.91. The maximum absolute atomic E-state index is 13.0. The number of amides is 2. The molecule has 0 saturated carbocycles. The van der Waals surface area contributed by atoms with Crippen LogP contribution in [0.2, 0.25) is 0 Å². The number of hydrogen-bond acceptors (Lipinski definition) is 5. The van der Waals surface area contributed by atoms with Crippen LogP contribution >= 0.6 is 11.8 Å². The minimum Gasteiger partial charge on any atom is -0.507 e. The molecule has 3 aromatic carbocycles. The van der Waals surface area contributed by atoms with Crippen molar-refractivity contribution in [2.24, 2.45) is 0 Å². The summed E-state index contributed by atoms with van der Waals surface area (Å²) >= 11 is 0.637. The van der Waals surface area contributed by atoms with Gasteiger partial charge in [-0.25, -0.2) is 0 Å². The molecule has 0 radical (unpaired) electrons. The van der Waals surface area contributed by atoms with E-state index in [2.05, 4.69) is 6.07 Å². The summed E-state index contributed by atoms with van der Waals surface area (Å²) in [5.74, 6) is -1.53. The fourth-order valence-corrected chi connectivity index (χ4v) is 4.30. The van der Waals surface area contributed by atoms with Gasteiger partial charge in [0, 0.05) is 0 Å². The zero-order chi connectivity index (χ0) is 24.5. The number of rotatable bonds is 4. The lowest BCUT2D eigenvalue weighted by atomic mass is 9.99. The molecular weight excluding hydrogens is 465 g/mol. The third-order valence-electron chi connectivity index (χ3n) is 5.15. The van der Waals surface area contributed by atoms with E-state index in [4.69, 9.17) is 0 Å². The van der Waals surface area contributed by atoms with E-state index in [0.29, 0.717) is 22.9 Å². The highest BCUT2D eigenvalue weighted by Crippen LogP contribution is 2.38. The van der Waals surface area contributed by atoms with Gasteiger partial charge >= 0.3 is 6.18 Å². The number of carbonyl (C=O) groups excluding carboxylic acids is 2. The van der Waals surface area contributed by atoms with Gasteiger partial charge in [-0.3, -0.25) is 14.5 Å². The number of thioether (sulfide) groups is 1. The highest BCUT2D eigenvalue weighted by atomic mass is 32.2. The van der Waals surface area contributed by atoms with Gasteiger partial charge in [0.15, 0.2) is 0 Å². The third kappa shape index (κ3) is 4.67. The minimum absolute atomic E-state index is 0.00837. The number of benzene rings is 3. The lowest BCUT2D eigenvalue weighted by Gasteiger charge is -2.13. The second-order valence-corrected chi connectivity index (χ2v) is 8.39. The molecule has 5 nitrogen and oxygen atoms in total. The van der Waals surface area contributed by atoms with Crippen LogP contribution < -0.4 is 0 Å². The number of phenols is 1. The number of halogens is 3. The first-order valence-corrected chi connectivity index (χ1v) is 10.7. The molecule has 0 atom stereocenters. The van der Waals surface area contributed by atoms with Crippen molar-refractivity contribution in [3.63, 3.8) is 0 Å². The number of phenolic OH excluding ortho intramolecular Hbond substituents is 1. The van der Waals surface area contributed by atoms with E-state index in [1.807, 2.05) is 12.1 Å². The van der Waals surface area contributed by atoms with Crippen LogP contribution in [0, 0.1) is 11.3 Å². The van der Waals surface area contributed by atoms with Crippen molar-refractivity contribution in [1.82, 2.24) is 4.90 Å². The van der Waals surface area contributed by atoms with Gasteiger partial charge in [-0.05, 0) is 58.3 Å². The normalized spacial score (nSPS) is 15.1. The number of aromatic hydroxyl groups is 1. The Labute approximate surface area is 196 Å². The van der Waals surface area contributed by atoms with Gasteiger partial charge in [-0.2, -0.15) is 18.4 Å². The molecule has 2 amide bonds. The molecule has 1 N–H and O–H groups in total. The number of carbonyl (C=O) groups is 2. The summed E-state index contributed by atoms with van der Waals surface area (Å²) in [5, 5.41) is 18.2. The van der Waals surface area contributed by atoms with Crippen LogP contribution in [0.4, 0.5) is 18.0 Å². The van der Waals surface area contributed by atoms with Gasteiger partial charge in [0.25, 0.3) is 11.1 Å². The van der Waals surface area contributed by atoms with Gasteiger partial charge in [0.2, 0.25) is 0 Å². The fraction of sp³-hybridized carbons (Fsp3) is 0.0800. The number of nitriles is 1. The molecule has 34 heavy (non-hydrogen) atoms. The zero-order valence-corrected chi connectivity index (χ0v) is 18.2. The Kier molecular flexibility index (Phi) is 6.18. The van der Waals surface area contributed by atoms with Crippen LogP contribution in [0.1, 0.15) is 22.3 Å². The molecule has 170 valence electrons. The van der Waals surface area contributed by atoms with Crippen LogP contribution in [-0.2, 0) is 17.5 Å². The predicted molar refractivity (Wildman–Crippen MR) is 121 cm³/mol. The molecule has 1 fully saturated rings. The average Bonchev–Trinajstić information content (AvgIpc) is 3.07. The van der Waals surface area contributed by atoms with Gasteiger partial charge in [-0.1, -0.05) is 48.5 Å². The highest BCUT2D eigenvalue weighted by molar-refractivity contribution is 8.18. The Morgan fingerprint density at radius 3 is 2.41 bits per heavy atom. The molecule has 1 heterocycles. The number of hydrogen-bond donors (Lipinski definition) is 1. The summed E-state index contributed by atoms with van der Waals surface area (Å²) in [4.78, 5) is 26.2. The maximum Gasteiger partial charge on any atom is 0.419 e. The van der Waals surface area contributed by atoms with Crippen molar-refractivity contribution in [1.29, 1.82) is 5.26 Å². The van der Waals surface area contributed by atoms with E-state index in [1.165, 1.54) is 12.1 Å². The zero-order valence-electron chi connectivity index (χ0n) is 17.3. The third-order valence-corrected chi connectivity index (χ3v) is 6.06. The number of imide groups is 1. The molecule has 0 aliphatic carbocycles. The summed E-state index contributed by atoms with van der Waals surface area (Å²) in [6, 6.07) is 19.2. The van der Waals surface area contributed by atoms with Crippen LogP contribution in [0.3, 0.4) is 0 Å². The highest BCUT2D eigenvalue weighted by Gasteiger charge is 2.36. The van der Waals surface area contributed by atoms with Crippen molar-refractivity contribution < 1.29 is 27.9 Å². The van der Waals surface area contributed by atoms with Gasteiger partial charge in [0.1, 0.15) is 5.75 Å². The van der Waals surface area contributed by atoms with E-state index in [1.54, 1.807) is 36.4 Å². The number of nitrogens with zero attached hydrogens (tertiary/aromatic N) is 2. The average molecular weight is 480 g/mol. The second-order valence-electron chi connectivity index (χ2n) is 7.40. The van der Waals surface area contributed by atoms with Crippen molar-refractivity contribution in [3.05, 3.63) is 93.9 Å². The maximum atomic E-state index is 13.0. The second kappa shape index (κ2) is 9.08. The largest absolute Gasteiger partial charge is 0.507 e. The molecule has 1 saturated heterocycles. The van der Waals surface area contributed by atoms with Gasteiger partial charge in [0.05, 0.1) is 28.6 Å². The monoisotopic (exact) mass is 480 g/mol. The lowest BCUT2D eigenvalue weighted by Crippen LogP contribution is -2.27. The standard InChI is InChI=1S/C25H15F3N2O3S/c26-25(27,28)20-11-16(7-10-21(20)31)12-22-23(32)30(24(33)34-22)14-15-5-8-17(9-6-15)19-4-2-1-3-18(19)13-29/h1-12,31H,14H2/b22-12+. The predicted octanol–water partition coefficient (Wildman–Crippen LogP) is 6.19. The van der Waals surface area contributed by atoms with Gasteiger partial charge in [-0.15, -0.1) is 0 Å². The van der Waals surface area contributed by atoms with Crippen molar-refractivity contribution in [2.75, 3.05) is 0 Å². The quantitative estimate of drug-likeness (QED) is 0.451. The molecule has 0 aromatic heterocycles. The first-order chi connectivity index (χ1) is 16.2. The Balaban J connectivity index is 1.53. The smallest absolute Gasteiger partial charge is 0.419 e. The molecular formula is C25H15F3N2O3S. The Hall–Kier alpha value is -4.03. The SMILES string of the molecule is N#Cc1ccccc1-c1ccc(CN2C(=O)S/C(=C/c3ccc(O)c(C(F)(F)F)c3)C2=O)cc1. The van der Waals surface area contributed by atoms with Crippen LogP contribution in [0.25, 0.3) is 17.2 Å². The number of alkyl halides is 3. The lowest BCUT2D eigenvalue weighted by molar-refractivity contribution is -0.138. The van der Waals surface area contributed by atoms with E-state index in [-0.39, 0.29) is 17.0 Å². The first kappa shape index (κ1) is 23.1. The molecule has 1 aliphatic rings. The summed E-state index contributed by atoms with van der Waals surface area (Å²) in [6.07, 6.45) is -3.56. The van der Waals surface area contributed by atoms with Crippen molar-refractivity contribution in [3.8, 4) is 22.9 Å². The van der Waals surface area contributed by atoms with Crippen LogP contribution in [0.5, 0.6) is 5.75 Å². The molecule has 3 aromatic rings. The molecule has 9 heteroatoms. The van der Waals surface area contributed by atoms with Crippen molar-refractivity contribution >= 4 is 29.0 Å². The summed E-state index contributed by atoms with van der Waals surface area (Å²) < 4.78 is 39.1. The fourth-order valence-electron chi connectivity index (χ4n) is 3.46. The summed E-state index contributed by atoms with van der Waals surface area (Å²) in [6.45, 7) is -0.00837. The molecule has 0 unspecified atom stereocenters. The minimum atomic E-state index is -4.76. The van der Waals surface area contributed by atoms with E-state index >= 15 is 0 Å². The van der Waals surface area contributed by atoms with E-state index < -0.39 is 28.6 Å². The van der Waals surface area contributed by atoms with E-state index in [9.17, 15) is 33.1 Å².